The fourth-order valence-electron chi connectivity index (χ4n) is 2.27. The number of amides is 1. The summed E-state index contributed by atoms with van der Waals surface area (Å²) in [5.74, 6) is 0.340. The van der Waals surface area contributed by atoms with Gasteiger partial charge in [-0.2, -0.15) is 5.26 Å². The zero-order valence-corrected chi connectivity index (χ0v) is 14.2. The minimum atomic E-state index is -0.361. The lowest BCUT2D eigenvalue weighted by Crippen LogP contribution is -2.24. The number of aryl methyl sites for hydroxylation is 1. The fraction of sp³-hybridized carbons (Fsp3) is 0.111. The van der Waals surface area contributed by atoms with Gasteiger partial charge in [0.25, 0.3) is 5.91 Å². The molecule has 0 atom stereocenters. The molecule has 0 aliphatic carbocycles. The number of aromatic nitrogens is 3. The van der Waals surface area contributed by atoms with Gasteiger partial charge >= 0.3 is 0 Å². The molecule has 7 heteroatoms. The van der Waals surface area contributed by atoms with Crippen LogP contribution in [0.5, 0.6) is 0 Å². The molecule has 0 saturated heterocycles. The van der Waals surface area contributed by atoms with Gasteiger partial charge in [-0.05, 0) is 48.9 Å². The van der Waals surface area contributed by atoms with Crippen LogP contribution in [-0.4, -0.2) is 20.7 Å². The quantitative estimate of drug-likeness (QED) is 0.783. The van der Waals surface area contributed by atoms with Gasteiger partial charge in [0.05, 0.1) is 17.3 Å². The van der Waals surface area contributed by atoms with Gasteiger partial charge in [0.2, 0.25) is 5.82 Å². The second-order valence-corrected chi connectivity index (χ2v) is 5.80. The van der Waals surface area contributed by atoms with E-state index in [1.807, 2.05) is 12.1 Å². The van der Waals surface area contributed by atoms with E-state index in [0.29, 0.717) is 23.0 Å². The maximum absolute atomic E-state index is 12.3. The summed E-state index contributed by atoms with van der Waals surface area (Å²) in [4.78, 5) is 16.5. The van der Waals surface area contributed by atoms with Crippen molar-refractivity contribution >= 4 is 17.5 Å². The van der Waals surface area contributed by atoms with E-state index in [0.717, 1.165) is 11.3 Å². The van der Waals surface area contributed by atoms with Gasteiger partial charge in [-0.25, -0.2) is 9.67 Å². The first-order valence-corrected chi connectivity index (χ1v) is 7.91. The van der Waals surface area contributed by atoms with Gasteiger partial charge in [-0.15, -0.1) is 5.10 Å². The maximum Gasteiger partial charge on any atom is 0.291 e. The topological polar surface area (TPSA) is 83.6 Å². The lowest BCUT2D eigenvalue weighted by atomic mass is 10.1. The molecular formula is C18H14ClN5O. The summed E-state index contributed by atoms with van der Waals surface area (Å²) in [6.45, 7) is 2.11. The van der Waals surface area contributed by atoms with E-state index in [2.05, 4.69) is 21.5 Å². The molecule has 6 nitrogen and oxygen atoms in total. The molecule has 0 radical (unpaired) electrons. The molecule has 1 heterocycles. The second kappa shape index (κ2) is 7.16. The molecular weight excluding hydrogens is 338 g/mol. The summed E-state index contributed by atoms with van der Waals surface area (Å²) in [7, 11) is 0. The van der Waals surface area contributed by atoms with Crippen molar-refractivity contribution in [3.63, 3.8) is 0 Å². The first-order valence-electron chi connectivity index (χ1n) is 7.53. The van der Waals surface area contributed by atoms with E-state index in [1.165, 1.54) is 0 Å². The maximum atomic E-state index is 12.3. The minimum Gasteiger partial charge on any atom is -0.345 e. The minimum absolute atomic E-state index is 0.0982. The van der Waals surface area contributed by atoms with Gasteiger partial charge in [0.15, 0.2) is 0 Å². The second-order valence-electron chi connectivity index (χ2n) is 5.36. The van der Waals surface area contributed by atoms with Crippen LogP contribution in [0.3, 0.4) is 0 Å². The SMILES string of the molecule is Cc1nc(C(=O)NCc2ccc(C#N)cc2)nn1-c1ccc(Cl)cc1. The van der Waals surface area contributed by atoms with Gasteiger partial charge in [0, 0.05) is 11.6 Å². The monoisotopic (exact) mass is 351 g/mol. The standard InChI is InChI=1S/C18H14ClN5O/c1-12-22-17(23-24(12)16-8-6-15(19)7-9-16)18(25)21-11-14-4-2-13(10-20)3-5-14/h2-9H,11H2,1H3,(H,21,25). The number of nitriles is 1. The molecule has 2 aromatic carbocycles. The first-order chi connectivity index (χ1) is 12.1. The van der Waals surface area contributed by atoms with Crippen LogP contribution in [0.25, 0.3) is 5.69 Å². The largest absolute Gasteiger partial charge is 0.345 e. The number of halogens is 1. The molecule has 0 saturated carbocycles. The first kappa shape index (κ1) is 16.7. The fourth-order valence-corrected chi connectivity index (χ4v) is 2.40. The van der Waals surface area contributed by atoms with Crippen LogP contribution in [0.2, 0.25) is 5.02 Å². The van der Waals surface area contributed by atoms with Crippen molar-refractivity contribution in [3.05, 3.63) is 76.3 Å². The van der Waals surface area contributed by atoms with Crippen molar-refractivity contribution in [1.82, 2.24) is 20.1 Å². The van der Waals surface area contributed by atoms with E-state index in [9.17, 15) is 4.79 Å². The summed E-state index contributed by atoms with van der Waals surface area (Å²) >= 11 is 5.89. The zero-order chi connectivity index (χ0) is 17.8. The predicted molar refractivity (Wildman–Crippen MR) is 93.4 cm³/mol. The third-order valence-electron chi connectivity index (χ3n) is 3.58. The molecule has 1 aromatic heterocycles. The van der Waals surface area contributed by atoms with Gasteiger partial charge in [-0.3, -0.25) is 4.79 Å². The normalized spacial score (nSPS) is 10.3. The van der Waals surface area contributed by atoms with Crippen LogP contribution in [0, 0.1) is 18.3 Å². The molecule has 0 spiro atoms. The molecule has 3 aromatic rings. The third-order valence-corrected chi connectivity index (χ3v) is 3.83. The summed E-state index contributed by atoms with van der Waals surface area (Å²) in [6, 6.07) is 16.2. The highest BCUT2D eigenvalue weighted by atomic mass is 35.5. The number of nitrogens with one attached hydrogen (secondary N) is 1. The van der Waals surface area contributed by atoms with Gasteiger partial charge < -0.3 is 5.32 Å². The Bertz CT molecular complexity index is 939. The van der Waals surface area contributed by atoms with Crippen LogP contribution in [-0.2, 0) is 6.54 Å². The van der Waals surface area contributed by atoms with Crippen molar-refractivity contribution in [2.75, 3.05) is 0 Å². The van der Waals surface area contributed by atoms with Gasteiger partial charge in [-0.1, -0.05) is 23.7 Å². The van der Waals surface area contributed by atoms with Crippen LogP contribution in [0.1, 0.15) is 27.6 Å². The Morgan fingerprint density at radius 3 is 2.52 bits per heavy atom. The number of benzene rings is 2. The van der Waals surface area contributed by atoms with Crippen LogP contribution in [0.4, 0.5) is 0 Å². The van der Waals surface area contributed by atoms with Crippen molar-refractivity contribution in [2.45, 2.75) is 13.5 Å². The van der Waals surface area contributed by atoms with E-state index < -0.39 is 0 Å². The zero-order valence-electron chi connectivity index (χ0n) is 13.4. The summed E-state index contributed by atoms with van der Waals surface area (Å²) in [5.41, 5.74) is 2.25. The Labute approximate surface area is 149 Å². The lowest BCUT2D eigenvalue weighted by molar-refractivity contribution is 0.0940. The van der Waals surface area contributed by atoms with Gasteiger partial charge in [0.1, 0.15) is 5.82 Å². The molecule has 1 amide bonds. The molecule has 0 aliphatic heterocycles. The van der Waals surface area contributed by atoms with Crippen molar-refractivity contribution in [2.24, 2.45) is 0 Å². The molecule has 0 aliphatic rings. The van der Waals surface area contributed by atoms with Crippen LogP contribution in [0.15, 0.2) is 48.5 Å². The highest BCUT2D eigenvalue weighted by molar-refractivity contribution is 6.30. The number of hydrogen-bond donors (Lipinski definition) is 1. The number of carbonyl (C=O) groups excluding carboxylic acids is 1. The molecule has 0 unspecified atom stereocenters. The van der Waals surface area contributed by atoms with E-state index in [1.54, 1.807) is 48.0 Å². The lowest BCUT2D eigenvalue weighted by Gasteiger charge is -2.03. The number of nitrogens with zero attached hydrogens (tertiary/aromatic N) is 4. The van der Waals surface area contributed by atoms with E-state index in [-0.39, 0.29) is 11.7 Å². The third kappa shape index (κ3) is 3.84. The molecule has 124 valence electrons. The Balaban J connectivity index is 1.71. The van der Waals surface area contributed by atoms with Crippen molar-refractivity contribution in [3.8, 4) is 11.8 Å². The summed E-state index contributed by atoms with van der Waals surface area (Å²) < 4.78 is 1.59. The van der Waals surface area contributed by atoms with Crippen molar-refractivity contribution in [1.29, 1.82) is 5.26 Å². The average Bonchev–Trinajstić information content (AvgIpc) is 3.02. The van der Waals surface area contributed by atoms with E-state index >= 15 is 0 Å². The van der Waals surface area contributed by atoms with Crippen LogP contribution < -0.4 is 5.32 Å². The van der Waals surface area contributed by atoms with E-state index in [4.69, 9.17) is 16.9 Å². The highest BCUT2D eigenvalue weighted by Gasteiger charge is 2.15. The number of rotatable bonds is 4. The smallest absolute Gasteiger partial charge is 0.291 e. The molecule has 0 fully saturated rings. The number of carbonyl (C=O) groups is 1. The Kier molecular flexibility index (Phi) is 4.78. The van der Waals surface area contributed by atoms with Crippen molar-refractivity contribution < 1.29 is 4.79 Å². The molecule has 1 N–H and O–H groups in total. The predicted octanol–water partition coefficient (Wildman–Crippen LogP) is 3.03. The molecule has 0 bridgehead atoms. The average molecular weight is 352 g/mol. The molecule has 3 rings (SSSR count). The summed E-state index contributed by atoms with van der Waals surface area (Å²) in [5, 5.41) is 16.4. The highest BCUT2D eigenvalue weighted by Crippen LogP contribution is 2.14. The Morgan fingerprint density at radius 2 is 1.88 bits per heavy atom. The summed E-state index contributed by atoms with van der Waals surface area (Å²) in [6.07, 6.45) is 0. The Morgan fingerprint density at radius 1 is 1.20 bits per heavy atom. The Hall–Kier alpha value is -3.17. The van der Waals surface area contributed by atoms with Crippen LogP contribution >= 0.6 is 11.6 Å². The molecule has 25 heavy (non-hydrogen) atoms. The number of hydrogen-bond acceptors (Lipinski definition) is 4.